The van der Waals surface area contributed by atoms with Crippen LogP contribution in [0.25, 0.3) is 0 Å². The van der Waals surface area contributed by atoms with E-state index in [1.165, 1.54) is 18.2 Å². The Morgan fingerprint density at radius 2 is 1.71 bits per heavy atom. The Labute approximate surface area is 173 Å². The molecule has 0 aliphatic heterocycles. The Hall–Kier alpha value is -1.62. The predicted octanol–water partition coefficient (Wildman–Crippen LogP) is 0.727. The van der Waals surface area contributed by atoms with Crippen molar-refractivity contribution in [3.05, 3.63) is 64.1 Å². The Bertz CT molecular complexity index is 1010. The van der Waals surface area contributed by atoms with E-state index in [0.717, 1.165) is 4.47 Å². The third-order valence-electron chi connectivity index (χ3n) is 2.90. The molecule has 0 saturated heterocycles. The fourth-order valence-electron chi connectivity index (χ4n) is 2.01. The molecule has 0 aromatic heterocycles. The normalized spacial score (nSPS) is 14.2. The van der Waals surface area contributed by atoms with Gasteiger partial charge in [-0.05, 0) is 36.5 Å². The summed E-state index contributed by atoms with van der Waals surface area (Å²) in [5.74, 6) is -0.303. The maximum absolute atomic E-state index is 11.6. The zero-order valence-electron chi connectivity index (χ0n) is 13.7. The van der Waals surface area contributed by atoms with Crippen molar-refractivity contribution in [2.24, 2.45) is 10.8 Å². The van der Waals surface area contributed by atoms with E-state index in [4.69, 9.17) is 18.0 Å². The highest BCUT2D eigenvalue weighted by Crippen LogP contribution is 2.50. The van der Waals surface area contributed by atoms with Gasteiger partial charge < -0.3 is 29.5 Å². The summed E-state index contributed by atoms with van der Waals surface area (Å²) in [5, 5.41) is 4.00. The molecule has 0 aliphatic carbocycles. The molecule has 1 atom stereocenters. The molecule has 0 saturated carbocycles. The second-order valence-corrected chi connectivity index (χ2v) is 9.02. The van der Waals surface area contributed by atoms with Gasteiger partial charge in [0.25, 0.3) is 0 Å². The lowest BCUT2D eigenvalue weighted by Gasteiger charge is -2.35. The molecule has 0 heterocycles. The first kappa shape index (κ1) is 22.7. The predicted molar refractivity (Wildman–Crippen MR) is 103 cm³/mol. The molecule has 28 heavy (non-hydrogen) atoms. The van der Waals surface area contributed by atoms with Crippen LogP contribution in [0, 0.1) is 0 Å². The van der Waals surface area contributed by atoms with Crippen molar-refractivity contribution in [2.75, 3.05) is 0 Å². The van der Waals surface area contributed by atoms with Gasteiger partial charge in [-0.25, -0.2) is 0 Å². The third kappa shape index (κ3) is 7.42. The van der Waals surface area contributed by atoms with Gasteiger partial charge in [0.1, 0.15) is 5.75 Å². The largest absolute Gasteiger partial charge is 0.789 e. The summed E-state index contributed by atoms with van der Waals surface area (Å²) < 4.78 is 30.8. The van der Waals surface area contributed by atoms with Gasteiger partial charge >= 0.3 is 7.82 Å². The van der Waals surface area contributed by atoms with E-state index in [0.29, 0.717) is 16.8 Å². The van der Waals surface area contributed by atoms with Crippen LogP contribution in [-0.2, 0) is 13.4 Å². The van der Waals surface area contributed by atoms with Crippen LogP contribution >= 0.6 is 43.8 Å². The van der Waals surface area contributed by atoms with E-state index in [1.54, 1.807) is 30.3 Å². The molecule has 2 rings (SSSR count). The number of nitrogens with one attached hydrogen (secondary N) is 1. The Morgan fingerprint density at radius 1 is 1.11 bits per heavy atom. The minimum atomic E-state index is -5.80. The molecule has 14 heteroatoms. The number of hydrogen-bond donors (Lipinski definition) is 2. The number of phosphoric ester groups is 1. The lowest BCUT2D eigenvalue weighted by molar-refractivity contribution is -0.339. The minimum absolute atomic E-state index is 0.0981. The van der Waals surface area contributed by atoms with Gasteiger partial charge in [0.2, 0.25) is 0 Å². The molecule has 0 aliphatic rings. The van der Waals surface area contributed by atoms with Crippen molar-refractivity contribution in [2.45, 2.75) is 0 Å². The fraction of sp³-hybridized carbons (Fsp3) is 0. The van der Waals surface area contributed by atoms with Crippen molar-refractivity contribution >= 4 is 54.6 Å². The third-order valence-corrected chi connectivity index (χ3v) is 5.52. The number of benzene rings is 2. The molecule has 0 radical (unpaired) electrons. The Balaban J connectivity index is 2.41. The molecule has 2 aromatic rings. The topological polar surface area (TPSA) is 172 Å². The van der Waals surface area contributed by atoms with Crippen molar-refractivity contribution in [3.63, 3.8) is 0 Å². The number of halogens is 1. The van der Waals surface area contributed by atoms with Crippen LogP contribution in [0.4, 0.5) is 0 Å². The number of phosphoric acid groups is 2. The second kappa shape index (κ2) is 9.25. The van der Waals surface area contributed by atoms with Gasteiger partial charge in [-0.15, -0.1) is 0 Å². The summed E-state index contributed by atoms with van der Waals surface area (Å²) >= 11 is 8.07. The van der Waals surface area contributed by atoms with Crippen LogP contribution in [-0.4, -0.2) is 10.8 Å². The van der Waals surface area contributed by atoms with Gasteiger partial charge in [-0.2, -0.15) is 5.10 Å². The molecule has 0 bridgehead atoms. The first-order valence-corrected chi connectivity index (χ1v) is 11.3. The molecule has 0 fully saturated rings. The molecule has 150 valence electrons. The van der Waals surface area contributed by atoms with Crippen molar-refractivity contribution in [3.8, 4) is 5.75 Å². The number of thiocarbonyl (C=S) groups is 1. The number of nitrogens with two attached hydrogens (primary N) is 1. The van der Waals surface area contributed by atoms with Crippen LogP contribution in [0.5, 0.6) is 5.75 Å². The maximum Gasteiger partial charge on any atom is 0.323 e. The first-order chi connectivity index (χ1) is 13.0. The average Bonchev–Trinajstić information content (AvgIpc) is 2.52. The van der Waals surface area contributed by atoms with Crippen molar-refractivity contribution < 1.29 is 32.6 Å². The molecule has 1 unspecified atom stereocenters. The Kier molecular flexibility index (Phi) is 7.49. The number of hydrazone groups is 1. The monoisotopic (exact) mass is 506 g/mol. The zero-order valence-corrected chi connectivity index (χ0v) is 17.9. The Morgan fingerprint density at radius 3 is 2.29 bits per heavy atom. The molecule has 0 amide bonds. The van der Waals surface area contributed by atoms with E-state index in [9.17, 15) is 23.8 Å². The van der Waals surface area contributed by atoms with Crippen LogP contribution in [0.3, 0.4) is 0 Å². The molecule has 10 nitrogen and oxygen atoms in total. The number of rotatable bonds is 7. The number of hydrogen-bond acceptors (Lipinski definition) is 9. The molecule has 3 N–H and O–H groups in total. The van der Waals surface area contributed by atoms with Crippen molar-refractivity contribution in [1.82, 2.24) is 5.43 Å². The highest BCUT2D eigenvalue weighted by atomic mass is 79.9. The fourth-order valence-corrected chi connectivity index (χ4v) is 3.94. The van der Waals surface area contributed by atoms with E-state index < -0.39 is 15.6 Å². The molecule has 0 spiro atoms. The summed E-state index contributed by atoms with van der Waals surface area (Å²) in [6.45, 7) is 0. The lowest BCUT2D eigenvalue weighted by atomic mass is 10.0. The highest BCUT2D eigenvalue weighted by molar-refractivity contribution is 9.10. The number of nitrogens with zero attached hydrogens (tertiary/aromatic N) is 1. The van der Waals surface area contributed by atoms with Gasteiger partial charge in [0, 0.05) is 15.6 Å². The summed E-state index contributed by atoms with van der Waals surface area (Å²) in [6, 6.07) is 12.5. The van der Waals surface area contributed by atoms with Crippen LogP contribution in [0.2, 0.25) is 0 Å². The highest BCUT2D eigenvalue weighted by Gasteiger charge is 2.15. The minimum Gasteiger partial charge on any atom is -0.789 e. The van der Waals surface area contributed by atoms with E-state index >= 15 is 0 Å². The smallest absolute Gasteiger partial charge is 0.323 e. The van der Waals surface area contributed by atoms with E-state index in [1.807, 2.05) is 0 Å². The first-order valence-electron chi connectivity index (χ1n) is 7.19. The molecule has 2 aromatic carbocycles. The summed E-state index contributed by atoms with van der Waals surface area (Å²) in [6.07, 6.45) is 0. The summed E-state index contributed by atoms with van der Waals surface area (Å²) in [5.41, 5.74) is 9.14. The summed E-state index contributed by atoms with van der Waals surface area (Å²) in [7, 11) is -11.2. The second-order valence-electron chi connectivity index (χ2n) is 5.04. The van der Waals surface area contributed by atoms with Crippen LogP contribution < -0.4 is 30.4 Å². The maximum atomic E-state index is 11.6. The standard InChI is InChI=1S/C14H14BrN3O7P2S/c15-11-5-1-3-9(7-11)13(17-18-14(16)28)10-4-2-6-12(8-10)24-27(22,23)25-26(19,20)21/h1-8H,(H,22,23)(H3,16,18,28)(H2,19,20,21)/p-3/b17-13-. The van der Waals surface area contributed by atoms with Crippen LogP contribution in [0.15, 0.2) is 58.1 Å². The van der Waals surface area contributed by atoms with Crippen LogP contribution in [0.1, 0.15) is 11.1 Å². The lowest BCUT2D eigenvalue weighted by Crippen LogP contribution is -2.26. The summed E-state index contributed by atoms with van der Waals surface area (Å²) in [4.78, 5) is 32.6. The van der Waals surface area contributed by atoms with Gasteiger partial charge in [-0.3, -0.25) is 14.3 Å². The van der Waals surface area contributed by atoms with Gasteiger partial charge in [0.15, 0.2) is 5.11 Å². The molecular weight excluding hydrogens is 496 g/mol. The van der Waals surface area contributed by atoms with Gasteiger partial charge in [0.05, 0.1) is 13.5 Å². The SMILES string of the molecule is NC(=S)N/N=C(/c1cccc(Br)c1)c1cccc(OP(=O)([O-])OP(=O)([O-])[O-])c1. The van der Waals surface area contributed by atoms with E-state index in [2.05, 4.69) is 35.3 Å². The van der Waals surface area contributed by atoms with Crippen molar-refractivity contribution in [1.29, 1.82) is 0 Å². The van der Waals surface area contributed by atoms with E-state index in [-0.39, 0.29) is 10.9 Å². The average molecular weight is 507 g/mol. The quantitative estimate of drug-likeness (QED) is 0.236. The zero-order chi connectivity index (χ0) is 20.9. The van der Waals surface area contributed by atoms with Gasteiger partial charge in [-0.1, -0.05) is 40.2 Å². The molecular formula is C14H11BrN3O7P2S-3.